The van der Waals surface area contributed by atoms with Gasteiger partial charge in [0, 0.05) is 13.6 Å². The molecule has 0 radical (unpaired) electrons. The minimum atomic E-state index is -0.179. The molecular formula is C16H16BrFIN. The number of rotatable bonds is 5. The normalized spacial score (nSPS) is 12.4. The van der Waals surface area contributed by atoms with Crippen LogP contribution in [-0.4, -0.2) is 6.54 Å². The van der Waals surface area contributed by atoms with Gasteiger partial charge >= 0.3 is 0 Å². The van der Waals surface area contributed by atoms with Gasteiger partial charge in [0.15, 0.2) is 0 Å². The van der Waals surface area contributed by atoms with E-state index in [0.29, 0.717) is 5.56 Å². The Morgan fingerprint density at radius 2 is 1.95 bits per heavy atom. The summed E-state index contributed by atoms with van der Waals surface area (Å²) in [6, 6.07) is 13.1. The molecule has 20 heavy (non-hydrogen) atoms. The van der Waals surface area contributed by atoms with E-state index < -0.39 is 0 Å². The molecule has 0 aromatic heterocycles. The summed E-state index contributed by atoms with van der Waals surface area (Å²) in [5.74, 6) is -0.179. The Morgan fingerprint density at radius 1 is 1.20 bits per heavy atom. The zero-order valence-electron chi connectivity index (χ0n) is 11.2. The molecule has 1 nitrogen and oxygen atoms in total. The number of hydrogen-bond donors (Lipinski definition) is 1. The number of benzene rings is 2. The van der Waals surface area contributed by atoms with E-state index in [4.69, 9.17) is 0 Å². The molecule has 4 heteroatoms. The van der Waals surface area contributed by atoms with Crippen LogP contribution in [0.2, 0.25) is 0 Å². The Labute approximate surface area is 141 Å². The van der Waals surface area contributed by atoms with Crippen LogP contribution in [0.4, 0.5) is 4.39 Å². The molecule has 1 N–H and O–H groups in total. The number of halogens is 3. The molecule has 0 fully saturated rings. The smallest absolute Gasteiger partial charge is 0.128 e. The lowest BCUT2D eigenvalue weighted by molar-refractivity contribution is 0.545. The van der Waals surface area contributed by atoms with E-state index in [9.17, 15) is 4.39 Å². The summed E-state index contributed by atoms with van der Waals surface area (Å²) in [5.41, 5.74) is 1.79. The minimum Gasteiger partial charge on any atom is -0.306 e. The second-order valence-corrected chi connectivity index (χ2v) is 6.65. The fourth-order valence-electron chi connectivity index (χ4n) is 2.12. The second-order valence-electron chi connectivity index (χ2n) is 4.57. The highest BCUT2D eigenvalue weighted by Crippen LogP contribution is 2.29. The Kier molecular flexibility index (Phi) is 5.99. The molecule has 2 aromatic rings. The fraction of sp³-hybridized carbons (Fsp3) is 0.250. The maximum Gasteiger partial charge on any atom is 0.128 e. The van der Waals surface area contributed by atoms with E-state index in [0.717, 1.165) is 26.6 Å². The quantitative estimate of drug-likeness (QED) is 0.614. The van der Waals surface area contributed by atoms with Crippen LogP contribution in [0, 0.1) is 9.39 Å². The van der Waals surface area contributed by atoms with Crippen LogP contribution in [0.15, 0.2) is 46.9 Å². The third kappa shape index (κ3) is 3.80. The van der Waals surface area contributed by atoms with E-state index in [1.54, 1.807) is 6.07 Å². The first-order valence-corrected chi connectivity index (χ1v) is 8.43. The van der Waals surface area contributed by atoms with Crippen LogP contribution in [0.1, 0.15) is 30.5 Å². The summed E-state index contributed by atoms with van der Waals surface area (Å²) in [6.45, 7) is 2.96. The molecule has 0 aliphatic rings. The van der Waals surface area contributed by atoms with Crippen molar-refractivity contribution >= 4 is 38.5 Å². The average molecular weight is 448 g/mol. The van der Waals surface area contributed by atoms with Crippen LogP contribution in [0.25, 0.3) is 0 Å². The van der Waals surface area contributed by atoms with Crippen molar-refractivity contribution in [1.82, 2.24) is 5.32 Å². The molecule has 0 amide bonds. The van der Waals surface area contributed by atoms with Crippen molar-refractivity contribution in [3.63, 3.8) is 0 Å². The topological polar surface area (TPSA) is 12.0 Å². The summed E-state index contributed by atoms with van der Waals surface area (Å²) in [4.78, 5) is 0. The molecule has 2 rings (SSSR count). The van der Waals surface area contributed by atoms with E-state index >= 15 is 0 Å². The third-order valence-corrected chi connectivity index (χ3v) is 4.56. The van der Waals surface area contributed by atoms with Gasteiger partial charge in [-0.05, 0) is 65.4 Å². The van der Waals surface area contributed by atoms with Gasteiger partial charge in [0.05, 0.1) is 6.04 Å². The van der Waals surface area contributed by atoms with Crippen molar-refractivity contribution in [2.75, 3.05) is 6.54 Å². The first-order chi connectivity index (χ1) is 9.63. The summed E-state index contributed by atoms with van der Waals surface area (Å²) in [5, 5.41) is 3.45. The van der Waals surface area contributed by atoms with Gasteiger partial charge in [-0.3, -0.25) is 0 Å². The first kappa shape index (κ1) is 15.9. The highest BCUT2D eigenvalue weighted by molar-refractivity contribution is 14.1. The van der Waals surface area contributed by atoms with Gasteiger partial charge in [0.1, 0.15) is 5.82 Å². The molecule has 0 saturated heterocycles. The predicted molar refractivity (Wildman–Crippen MR) is 93.4 cm³/mol. The maximum absolute atomic E-state index is 14.2. The van der Waals surface area contributed by atoms with Gasteiger partial charge in [-0.25, -0.2) is 4.39 Å². The summed E-state index contributed by atoms with van der Waals surface area (Å²) >= 11 is 5.73. The van der Waals surface area contributed by atoms with Crippen LogP contribution >= 0.6 is 38.5 Å². The molecule has 0 saturated carbocycles. The molecule has 0 heterocycles. The minimum absolute atomic E-state index is 0.124. The molecule has 0 aliphatic heterocycles. The van der Waals surface area contributed by atoms with Crippen molar-refractivity contribution in [2.45, 2.75) is 19.4 Å². The van der Waals surface area contributed by atoms with Gasteiger partial charge < -0.3 is 5.32 Å². The van der Waals surface area contributed by atoms with Gasteiger partial charge in [-0.2, -0.15) is 0 Å². The van der Waals surface area contributed by atoms with Crippen LogP contribution in [-0.2, 0) is 0 Å². The van der Waals surface area contributed by atoms with Crippen molar-refractivity contribution in [1.29, 1.82) is 0 Å². The van der Waals surface area contributed by atoms with Crippen molar-refractivity contribution < 1.29 is 4.39 Å². The van der Waals surface area contributed by atoms with Crippen LogP contribution < -0.4 is 5.32 Å². The van der Waals surface area contributed by atoms with E-state index in [-0.39, 0.29) is 11.9 Å². The summed E-state index contributed by atoms with van der Waals surface area (Å²) in [6.07, 6.45) is 1.01. The number of hydrogen-bond acceptors (Lipinski definition) is 1. The molecule has 0 aliphatic carbocycles. The standard InChI is InChI=1S/C16H16BrFIN/c1-2-9-20-16(12-5-3-4-6-15(12)19)13-10-11(17)7-8-14(13)18/h3-8,10,16,20H,2,9H2,1H3. The van der Waals surface area contributed by atoms with Gasteiger partial charge in [-0.15, -0.1) is 0 Å². The molecule has 2 aromatic carbocycles. The zero-order chi connectivity index (χ0) is 14.5. The predicted octanol–water partition coefficient (Wildman–Crippen LogP) is 5.28. The zero-order valence-corrected chi connectivity index (χ0v) is 14.9. The SMILES string of the molecule is CCCNC(c1cc(Br)ccc1F)c1ccccc1I. The lowest BCUT2D eigenvalue weighted by atomic mass is 9.98. The molecule has 106 valence electrons. The average Bonchev–Trinajstić information content (AvgIpc) is 2.44. The highest BCUT2D eigenvalue weighted by atomic mass is 127. The van der Waals surface area contributed by atoms with Crippen molar-refractivity contribution in [3.05, 3.63) is 67.5 Å². The van der Waals surface area contributed by atoms with Gasteiger partial charge in [-0.1, -0.05) is 41.1 Å². The van der Waals surface area contributed by atoms with Gasteiger partial charge in [0.25, 0.3) is 0 Å². The fourth-order valence-corrected chi connectivity index (χ4v) is 3.20. The van der Waals surface area contributed by atoms with Crippen molar-refractivity contribution in [3.8, 4) is 0 Å². The Balaban J connectivity index is 2.47. The molecule has 0 spiro atoms. The van der Waals surface area contributed by atoms with E-state index in [1.165, 1.54) is 6.07 Å². The lowest BCUT2D eigenvalue weighted by Crippen LogP contribution is -2.25. The Morgan fingerprint density at radius 3 is 2.65 bits per heavy atom. The Bertz CT molecular complexity index is 588. The largest absolute Gasteiger partial charge is 0.306 e. The number of nitrogens with one attached hydrogen (secondary N) is 1. The van der Waals surface area contributed by atoms with Crippen LogP contribution in [0.3, 0.4) is 0 Å². The van der Waals surface area contributed by atoms with E-state index in [1.807, 2.05) is 24.3 Å². The van der Waals surface area contributed by atoms with E-state index in [2.05, 4.69) is 56.8 Å². The van der Waals surface area contributed by atoms with Gasteiger partial charge in [0.2, 0.25) is 0 Å². The second kappa shape index (κ2) is 7.52. The third-order valence-electron chi connectivity index (χ3n) is 3.08. The summed E-state index contributed by atoms with van der Waals surface area (Å²) < 4.78 is 16.2. The molecule has 1 unspecified atom stereocenters. The molecule has 0 bridgehead atoms. The maximum atomic E-state index is 14.2. The van der Waals surface area contributed by atoms with Crippen LogP contribution in [0.5, 0.6) is 0 Å². The summed E-state index contributed by atoms with van der Waals surface area (Å²) in [7, 11) is 0. The van der Waals surface area contributed by atoms with Crippen molar-refractivity contribution in [2.24, 2.45) is 0 Å². The highest BCUT2D eigenvalue weighted by Gasteiger charge is 2.19. The lowest BCUT2D eigenvalue weighted by Gasteiger charge is -2.21. The Hall–Kier alpha value is -0.460. The molecular weight excluding hydrogens is 432 g/mol. The molecule has 1 atom stereocenters. The first-order valence-electron chi connectivity index (χ1n) is 6.56. The monoisotopic (exact) mass is 447 g/mol.